The molecule has 1 amide bonds. The molecule has 0 spiro atoms. The summed E-state index contributed by atoms with van der Waals surface area (Å²) in [5.41, 5.74) is 2.92. The Balaban J connectivity index is 1.78. The van der Waals surface area contributed by atoms with Crippen molar-refractivity contribution in [3.8, 4) is 5.75 Å². The quantitative estimate of drug-likeness (QED) is 0.869. The number of aryl methyl sites for hydroxylation is 2. The number of carbonyl (C=O) groups is 1. The molecule has 1 saturated heterocycles. The van der Waals surface area contributed by atoms with Gasteiger partial charge in [0.25, 0.3) is 0 Å². The van der Waals surface area contributed by atoms with Gasteiger partial charge < -0.3 is 14.2 Å². The van der Waals surface area contributed by atoms with Crippen LogP contribution in [0.15, 0.2) is 28.8 Å². The van der Waals surface area contributed by atoms with Gasteiger partial charge in [0.15, 0.2) is 0 Å². The smallest absolute Gasteiger partial charge is 0.227 e. The van der Waals surface area contributed by atoms with E-state index in [1.165, 1.54) is 0 Å². The van der Waals surface area contributed by atoms with Crippen LogP contribution in [-0.4, -0.2) is 29.6 Å². The lowest BCUT2D eigenvalue weighted by Gasteiger charge is -2.25. The highest BCUT2D eigenvalue weighted by Gasteiger charge is 2.33. The molecule has 2 aromatic rings. The first-order valence-corrected chi connectivity index (χ1v) is 7.95. The summed E-state index contributed by atoms with van der Waals surface area (Å²) in [5, 5.41) is 4.03. The third-order valence-corrected chi connectivity index (χ3v) is 4.48. The summed E-state index contributed by atoms with van der Waals surface area (Å²) in [6.45, 7) is 4.64. The first-order valence-electron chi connectivity index (χ1n) is 7.95. The highest BCUT2D eigenvalue weighted by molar-refractivity contribution is 5.79. The maximum Gasteiger partial charge on any atom is 0.227 e. The number of nitrogens with zero attached hydrogens (tertiary/aromatic N) is 2. The second kappa shape index (κ2) is 6.44. The standard InChI is InChI=1S/C18H22N2O3/c1-12-18(13(2)23-19-12)16-8-5-9-20(16)17(21)11-14-6-4-7-15(10-14)22-3/h4,6-7,10,16H,5,8-9,11H2,1-3H3. The van der Waals surface area contributed by atoms with Gasteiger partial charge in [0, 0.05) is 12.1 Å². The van der Waals surface area contributed by atoms with Crippen molar-refractivity contribution in [3.05, 3.63) is 46.8 Å². The average Bonchev–Trinajstić information content (AvgIpc) is 3.14. The molecule has 1 unspecified atom stereocenters. The van der Waals surface area contributed by atoms with Crippen LogP contribution in [0.4, 0.5) is 0 Å². The van der Waals surface area contributed by atoms with Crippen LogP contribution in [0, 0.1) is 13.8 Å². The topological polar surface area (TPSA) is 55.6 Å². The molecule has 5 nitrogen and oxygen atoms in total. The van der Waals surface area contributed by atoms with Crippen molar-refractivity contribution in [1.29, 1.82) is 0 Å². The van der Waals surface area contributed by atoms with E-state index in [4.69, 9.17) is 9.26 Å². The molecule has 122 valence electrons. The molecule has 3 rings (SSSR count). The first-order chi connectivity index (χ1) is 11.1. The molecule has 1 aliphatic rings. The fourth-order valence-electron chi connectivity index (χ4n) is 3.39. The van der Waals surface area contributed by atoms with Crippen molar-refractivity contribution in [2.24, 2.45) is 0 Å². The number of hydrogen-bond donors (Lipinski definition) is 0. The molecular weight excluding hydrogens is 292 g/mol. The van der Waals surface area contributed by atoms with E-state index in [1.807, 2.05) is 43.0 Å². The van der Waals surface area contributed by atoms with Crippen LogP contribution in [0.3, 0.4) is 0 Å². The molecular formula is C18H22N2O3. The molecule has 2 heterocycles. The monoisotopic (exact) mass is 314 g/mol. The van der Waals surface area contributed by atoms with Gasteiger partial charge in [-0.15, -0.1) is 0 Å². The minimum absolute atomic E-state index is 0.0827. The lowest BCUT2D eigenvalue weighted by molar-refractivity contribution is -0.131. The van der Waals surface area contributed by atoms with E-state index in [2.05, 4.69) is 5.16 Å². The Morgan fingerprint density at radius 2 is 2.26 bits per heavy atom. The summed E-state index contributed by atoms with van der Waals surface area (Å²) in [4.78, 5) is 14.7. The van der Waals surface area contributed by atoms with Gasteiger partial charge in [-0.25, -0.2) is 0 Å². The van der Waals surface area contributed by atoms with E-state index in [-0.39, 0.29) is 11.9 Å². The van der Waals surface area contributed by atoms with E-state index >= 15 is 0 Å². The molecule has 23 heavy (non-hydrogen) atoms. The fourth-order valence-corrected chi connectivity index (χ4v) is 3.39. The largest absolute Gasteiger partial charge is 0.497 e. The Morgan fingerprint density at radius 3 is 2.96 bits per heavy atom. The molecule has 1 aliphatic heterocycles. The Labute approximate surface area is 136 Å². The van der Waals surface area contributed by atoms with Gasteiger partial charge in [0.1, 0.15) is 11.5 Å². The third kappa shape index (κ3) is 3.09. The summed E-state index contributed by atoms with van der Waals surface area (Å²) in [5.74, 6) is 1.73. The number of carbonyl (C=O) groups excluding carboxylic acids is 1. The maximum absolute atomic E-state index is 12.8. The van der Waals surface area contributed by atoms with Crippen molar-refractivity contribution >= 4 is 5.91 Å². The summed E-state index contributed by atoms with van der Waals surface area (Å²) < 4.78 is 10.5. The van der Waals surface area contributed by atoms with Crippen LogP contribution < -0.4 is 4.74 Å². The number of aromatic nitrogens is 1. The van der Waals surface area contributed by atoms with Gasteiger partial charge in [-0.1, -0.05) is 17.3 Å². The predicted octanol–water partition coefficient (Wildman–Crippen LogP) is 3.21. The van der Waals surface area contributed by atoms with Gasteiger partial charge in [0.05, 0.1) is 25.3 Å². The van der Waals surface area contributed by atoms with Gasteiger partial charge in [-0.05, 0) is 44.4 Å². The van der Waals surface area contributed by atoms with Gasteiger partial charge in [0.2, 0.25) is 5.91 Å². The highest BCUT2D eigenvalue weighted by Crippen LogP contribution is 2.35. The highest BCUT2D eigenvalue weighted by atomic mass is 16.5. The molecule has 0 N–H and O–H groups in total. The molecule has 5 heteroatoms. The predicted molar refractivity (Wildman–Crippen MR) is 86.4 cm³/mol. The van der Waals surface area contributed by atoms with Crippen LogP contribution >= 0.6 is 0 Å². The number of likely N-dealkylation sites (tertiary alicyclic amines) is 1. The van der Waals surface area contributed by atoms with E-state index in [0.717, 1.165) is 47.7 Å². The normalized spacial score (nSPS) is 17.5. The zero-order valence-corrected chi connectivity index (χ0v) is 13.8. The molecule has 0 radical (unpaired) electrons. The summed E-state index contributed by atoms with van der Waals surface area (Å²) in [6.07, 6.45) is 2.36. The third-order valence-electron chi connectivity index (χ3n) is 4.48. The van der Waals surface area contributed by atoms with E-state index in [0.29, 0.717) is 6.42 Å². The zero-order valence-electron chi connectivity index (χ0n) is 13.8. The molecule has 1 fully saturated rings. The molecule has 0 bridgehead atoms. The summed E-state index contributed by atoms with van der Waals surface area (Å²) >= 11 is 0. The Kier molecular flexibility index (Phi) is 4.37. The fraction of sp³-hybridized carbons (Fsp3) is 0.444. The van der Waals surface area contributed by atoms with E-state index in [1.54, 1.807) is 7.11 Å². The Morgan fingerprint density at radius 1 is 1.43 bits per heavy atom. The summed E-state index contributed by atoms with van der Waals surface area (Å²) in [6, 6.07) is 7.76. The van der Waals surface area contributed by atoms with Crippen molar-refractivity contribution in [2.75, 3.05) is 13.7 Å². The number of methoxy groups -OCH3 is 1. The molecule has 0 aliphatic carbocycles. The van der Waals surface area contributed by atoms with Crippen molar-refractivity contribution in [3.63, 3.8) is 0 Å². The van der Waals surface area contributed by atoms with Crippen LogP contribution in [0.5, 0.6) is 5.75 Å². The van der Waals surface area contributed by atoms with Gasteiger partial charge in [-0.3, -0.25) is 4.79 Å². The van der Waals surface area contributed by atoms with Gasteiger partial charge >= 0.3 is 0 Å². The van der Waals surface area contributed by atoms with Crippen LogP contribution in [0.2, 0.25) is 0 Å². The van der Waals surface area contributed by atoms with E-state index in [9.17, 15) is 4.79 Å². The first kappa shape index (κ1) is 15.6. The molecule has 1 aromatic heterocycles. The van der Waals surface area contributed by atoms with Gasteiger partial charge in [-0.2, -0.15) is 0 Å². The van der Waals surface area contributed by atoms with Crippen molar-refractivity contribution < 1.29 is 14.1 Å². The average molecular weight is 314 g/mol. The maximum atomic E-state index is 12.8. The molecule has 1 atom stereocenters. The second-order valence-corrected chi connectivity index (χ2v) is 6.01. The van der Waals surface area contributed by atoms with Crippen LogP contribution in [0.1, 0.15) is 41.5 Å². The Hall–Kier alpha value is -2.30. The molecule has 0 saturated carbocycles. The molecule has 1 aromatic carbocycles. The minimum Gasteiger partial charge on any atom is -0.497 e. The lowest BCUT2D eigenvalue weighted by atomic mass is 10.0. The van der Waals surface area contributed by atoms with Crippen molar-refractivity contribution in [1.82, 2.24) is 10.1 Å². The second-order valence-electron chi connectivity index (χ2n) is 6.01. The number of rotatable bonds is 4. The SMILES string of the molecule is COc1cccc(CC(=O)N2CCCC2c2c(C)noc2C)c1. The number of hydrogen-bond acceptors (Lipinski definition) is 4. The minimum atomic E-state index is 0.0827. The van der Waals surface area contributed by atoms with Crippen LogP contribution in [-0.2, 0) is 11.2 Å². The number of benzene rings is 1. The number of ether oxygens (including phenoxy) is 1. The van der Waals surface area contributed by atoms with Crippen molar-refractivity contribution in [2.45, 2.75) is 39.2 Å². The lowest BCUT2D eigenvalue weighted by Crippen LogP contribution is -2.32. The Bertz CT molecular complexity index is 689. The number of amides is 1. The zero-order chi connectivity index (χ0) is 16.4. The van der Waals surface area contributed by atoms with E-state index < -0.39 is 0 Å². The van der Waals surface area contributed by atoms with Crippen LogP contribution in [0.25, 0.3) is 0 Å². The summed E-state index contributed by atoms with van der Waals surface area (Å²) in [7, 11) is 1.63.